The molecule has 0 bridgehead atoms. The summed E-state index contributed by atoms with van der Waals surface area (Å²) in [7, 11) is 0. The minimum atomic E-state index is 0.764. The highest BCUT2D eigenvalue weighted by Gasteiger charge is 2.17. The smallest absolute Gasteiger partial charge is 0.00912 e. The Morgan fingerprint density at radius 2 is 1.89 bits per heavy atom. The number of rotatable bonds is 6. The third kappa shape index (κ3) is 4.43. The first-order valence-corrected chi connectivity index (χ1v) is 7.38. The van der Waals surface area contributed by atoms with E-state index in [1.165, 1.54) is 50.9 Å². The van der Waals surface area contributed by atoms with Crippen LogP contribution in [-0.2, 0) is 6.42 Å². The van der Waals surface area contributed by atoms with E-state index in [0.29, 0.717) is 0 Å². The molecule has 0 radical (unpaired) electrons. The van der Waals surface area contributed by atoms with Gasteiger partial charge in [0.2, 0.25) is 0 Å². The molecule has 2 heteroatoms. The third-order valence-corrected chi connectivity index (χ3v) is 3.86. The molecule has 0 atom stereocenters. The number of hydrogen-bond acceptors (Lipinski definition) is 2. The molecule has 1 N–H and O–H groups in total. The average molecular weight is 246 g/mol. The second kappa shape index (κ2) is 7.55. The van der Waals surface area contributed by atoms with Gasteiger partial charge in [0.05, 0.1) is 0 Å². The van der Waals surface area contributed by atoms with Crippen molar-refractivity contribution in [1.82, 2.24) is 10.2 Å². The fourth-order valence-electron chi connectivity index (χ4n) is 2.80. The average Bonchev–Trinajstić information content (AvgIpc) is 2.42. The van der Waals surface area contributed by atoms with Crippen LogP contribution in [0.4, 0.5) is 0 Å². The summed E-state index contributed by atoms with van der Waals surface area (Å²) in [5.74, 6) is 0. The van der Waals surface area contributed by atoms with Gasteiger partial charge in [-0.1, -0.05) is 37.3 Å². The molecule has 1 aromatic carbocycles. The summed E-state index contributed by atoms with van der Waals surface area (Å²) in [6.45, 7) is 7.11. The van der Waals surface area contributed by atoms with E-state index < -0.39 is 0 Å². The van der Waals surface area contributed by atoms with Crippen molar-refractivity contribution >= 4 is 0 Å². The van der Waals surface area contributed by atoms with E-state index in [1.54, 1.807) is 0 Å². The second-order valence-electron chi connectivity index (χ2n) is 5.26. The van der Waals surface area contributed by atoms with E-state index in [0.717, 1.165) is 12.6 Å². The number of aryl methyl sites for hydroxylation is 1. The fraction of sp³-hybridized carbons (Fsp3) is 0.625. The Morgan fingerprint density at radius 3 is 2.56 bits per heavy atom. The van der Waals surface area contributed by atoms with Gasteiger partial charge < -0.3 is 10.2 Å². The Labute approximate surface area is 111 Å². The lowest BCUT2D eigenvalue weighted by Crippen LogP contribution is -2.42. The molecule has 1 aliphatic rings. The Kier molecular flexibility index (Phi) is 5.69. The van der Waals surface area contributed by atoms with Gasteiger partial charge in [0.25, 0.3) is 0 Å². The van der Waals surface area contributed by atoms with E-state index in [2.05, 4.69) is 47.5 Å². The molecule has 2 nitrogen and oxygen atoms in total. The molecular formula is C16H26N2. The number of benzene rings is 1. The van der Waals surface area contributed by atoms with Gasteiger partial charge in [-0.2, -0.15) is 0 Å². The highest BCUT2D eigenvalue weighted by atomic mass is 15.1. The van der Waals surface area contributed by atoms with Crippen LogP contribution in [0.15, 0.2) is 30.3 Å². The van der Waals surface area contributed by atoms with Crippen LogP contribution >= 0.6 is 0 Å². The van der Waals surface area contributed by atoms with Crippen molar-refractivity contribution in [3.63, 3.8) is 0 Å². The van der Waals surface area contributed by atoms with Gasteiger partial charge in [0, 0.05) is 6.04 Å². The molecule has 0 unspecified atom stereocenters. The number of nitrogens with one attached hydrogen (secondary N) is 1. The first-order chi connectivity index (χ1) is 8.88. The highest BCUT2D eigenvalue weighted by molar-refractivity contribution is 5.14. The van der Waals surface area contributed by atoms with Crippen molar-refractivity contribution in [3.05, 3.63) is 35.9 Å². The Bertz CT molecular complexity index is 315. The molecule has 2 rings (SSSR count). The maximum atomic E-state index is 3.56. The van der Waals surface area contributed by atoms with Crippen molar-refractivity contribution in [2.24, 2.45) is 0 Å². The van der Waals surface area contributed by atoms with E-state index in [9.17, 15) is 0 Å². The molecule has 0 amide bonds. The fourth-order valence-corrected chi connectivity index (χ4v) is 2.80. The summed E-state index contributed by atoms with van der Waals surface area (Å²) < 4.78 is 0. The Morgan fingerprint density at radius 1 is 1.17 bits per heavy atom. The summed E-state index contributed by atoms with van der Waals surface area (Å²) in [6, 6.07) is 11.6. The number of hydrogen-bond donors (Lipinski definition) is 1. The van der Waals surface area contributed by atoms with Crippen molar-refractivity contribution in [1.29, 1.82) is 0 Å². The third-order valence-electron chi connectivity index (χ3n) is 3.86. The lowest BCUT2D eigenvalue weighted by Gasteiger charge is -2.32. The molecule has 1 saturated heterocycles. The molecule has 1 aliphatic heterocycles. The monoisotopic (exact) mass is 246 g/mol. The van der Waals surface area contributed by atoms with Crippen LogP contribution < -0.4 is 5.32 Å². The molecule has 1 aromatic rings. The number of piperidine rings is 1. The zero-order valence-corrected chi connectivity index (χ0v) is 11.6. The molecule has 0 aromatic heterocycles. The number of nitrogens with zero attached hydrogens (tertiary/aromatic N) is 1. The van der Waals surface area contributed by atoms with Crippen molar-refractivity contribution in [3.8, 4) is 0 Å². The van der Waals surface area contributed by atoms with Gasteiger partial charge in [-0.25, -0.2) is 0 Å². The van der Waals surface area contributed by atoms with Gasteiger partial charge in [0.1, 0.15) is 0 Å². The van der Waals surface area contributed by atoms with Crippen LogP contribution in [0, 0.1) is 0 Å². The lowest BCUT2D eigenvalue weighted by atomic mass is 10.0. The van der Waals surface area contributed by atoms with Crippen molar-refractivity contribution in [2.75, 3.05) is 26.2 Å². The van der Waals surface area contributed by atoms with E-state index in [-0.39, 0.29) is 0 Å². The lowest BCUT2D eigenvalue weighted by molar-refractivity contribution is 0.197. The van der Waals surface area contributed by atoms with Gasteiger partial charge in [0.15, 0.2) is 0 Å². The summed E-state index contributed by atoms with van der Waals surface area (Å²) in [5, 5.41) is 3.56. The van der Waals surface area contributed by atoms with E-state index >= 15 is 0 Å². The molecule has 0 aliphatic carbocycles. The molecular weight excluding hydrogens is 220 g/mol. The second-order valence-corrected chi connectivity index (χ2v) is 5.26. The summed E-state index contributed by atoms with van der Waals surface area (Å²) in [6.07, 6.45) is 5.14. The van der Waals surface area contributed by atoms with Crippen LogP contribution in [0.1, 0.15) is 31.7 Å². The standard InChI is InChI=1S/C16H26N2/c1-2-17-16-10-13-18(14-11-16)12-6-9-15-7-4-3-5-8-15/h3-5,7-8,16-17H,2,6,9-14H2,1H3. The Balaban J connectivity index is 1.61. The summed E-state index contributed by atoms with van der Waals surface area (Å²) in [5.41, 5.74) is 1.47. The zero-order chi connectivity index (χ0) is 12.6. The van der Waals surface area contributed by atoms with Gasteiger partial charge >= 0.3 is 0 Å². The summed E-state index contributed by atoms with van der Waals surface area (Å²) >= 11 is 0. The minimum absolute atomic E-state index is 0.764. The van der Waals surface area contributed by atoms with Crippen LogP contribution in [-0.4, -0.2) is 37.1 Å². The van der Waals surface area contributed by atoms with Crippen molar-refractivity contribution < 1.29 is 0 Å². The predicted molar refractivity (Wildman–Crippen MR) is 77.9 cm³/mol. The van der Waals surface area contributed by atoms with Gasteiger partial charge in [-0.05, 0) is 57.4 Å². The molecule has 0 spiro atoms. The first kappa shape index (κ1) is 13.6. The molecule has 1 fully saturated rings. The summed E-state index contributed by atoms with van der Waals surface area (Å²) in [4.78, 5) is 2.62. The van der Waals surface area contributed by atoms with Crippen LogP contribution in [0.25, 0.3) is 0 Å². The predicted octanol–water partition coefficient (Wildman–Crippen LogP) is 2.69. The first-order valence-electron chi connectivity index (χ1n) is 7.38. The normalized spacial score (nSPS) is 18.1. The highest BCUT2D eigenvalue weighted by Crippen LogP contribution is 2.11. The molecule has 1 heterocycles. The van der Waals surface area contributed by atoms with E-state index in [1.807, 2.05) is 0 Å². The minimum Gasteiger partial charge on any atom is -0.314 e. The molecule has 18 heavy (non-hydrogen) atoms. The quantitative estimate of drug-likeness (QED) is 0.830. The maximum Gasteiger partial charge on any atom is 0.00912 e. The van der Waals surface area contributed by atoms with Crippen LogP contribution in [0.3, 0.4) is 0 Å². The Hall–Kier alpha value is -0.860. The molecule has 100 valence electrons. The molecule has 0 saturated carbocycles. The van der Waals surface area contributed by atoms with Gasteiger partial charge in [-0.15, -0.1) is 0 Å². The maximum absolute atomic E-state index is 3.56. The van der Waals surface area contributed by atoms with E-state index in [4.69, 9.17) is 0 Å². The SMILES string of the molecule is CCNC1CCN(CCCc2ccccc2)CC1. The van der Waals surface area contributed by atoms with Crippen LogP contribution in [0.2, 0.25) is 0 Å². The largest absolute Gasteiger partial charge is 0.314 e. The number of likely N-dealkylation sites (tertiary alicyclic amines) is 1. The zero-order valence-electron chi connectivity index (χ0n) is 11.6. The van der Waals surface area contributed by atoms with Crippen LogP contribution in [0.5, 0.6) is 0 Å². The van der Waals surface area contributed by atoms with Gasteiger partial charge in [-0.3, -0.25) is 0 Å². The van der Waals surface area contributed by atoms with Crippen molar-refractivity contribution in [2.45, 2.75) is 38.6 Å². The topological polar surface area (TPSA) is 15.3 Å².